The van der Waals surface area contributed by atoms with Crippen LogP contribution in [0.4, 0.5) is 5.69 Å². The number of hydrogen-bond donors (Lipinski definition) is 0. The van der Waals surface area contributed by atoms with Crippen LogP contribution in [-0.4, -0.2) is 17.5 Å². The van der Waals surface area contributed by atoms with E-state index in [4.69, 9.17) is 10.00 Å². The summed E-state index contributed by atoms with van der Waals surface area (Å²) in [6.45, 7) is 1.77. The molecule has 0 saturated carbocycles. The molecule has 0 aliphatic heterocycles. The van der Waals surface area contributed by atoms with Crippen LogP contribution in [0.3, 0.4) is 0 Å². The molecule has 98 valence electrons. The quantitative estimate of drug-likeness (QED) is 0.279. The molecule has 0 heterocycles. The summed E-state index contributed by atoms with van der Waals surface area (Å²) in [6, 6.07) is 5.99. The Morgan fingerprint density at radius 3 is 2.84 bits per heavy atom. The first-order valence-corrected chi connectivity index (χ1v) is 6.01. The smallest absolute Gasteiger partial charge is 0.348 e. The van der Waals surface area contributed by atoms with E-state index in [0.717, 1.165) is 0 Å². The predicted molar refractivity (Wildman–Crippen MR) is 71.0 cm³/mol. The van der Waals surface area contributed by atoms with E-state index in [1.54, 1.807) is 19.1 Å². The first kappa shape index (κ1) is 14.9. The van der Waals surface area contributed by atoms with Gasteiger partial charge in [0.2, 0.25) is 0 Å². The third kappa shape index (κ3) is 3.89. The number of carbonyl (C=O) groups is 1. The van der Waals surface area contributed by atoms with E-state index < -0.39 is 10.9 Å². The number of nitrogens with zero attached hydrogens (tertiary/aromatic N) is 2. The number of esters is 1. The third-order valence-corrected chi connectivity index (χ3v) is 2.76. The molecular weight excluding hydrogens is 316 g/mol. The second-order valence-corrected chi connectivity index (χ2v) is 4.21. The average molecular weight is 325 g/mol. The zero-order valence-corrected chi connectivity index (χ0v) is 11.5. The molecule has 0 unspecified atom stereocenters. The highest BCUT2D eigenvalue weighted by molar-refractivity contribution is 9.10. The number of rotatable bonds is 4. The van der Waals surface area contributed by atoms with Gasteiger partial charge in [-0.05, 0) is 40.6 Å². The molecule has 0 aromatic heterocycles. The zero-order chi connectivity index (χ0) is 14.4. The van der Waals surface area contributed by atoms with Gasteiger partial charge < -0.3 is 4.74 Å². The second-order valence-electron chi connectivity index (χ2n) is 3.36. The molecule has 0 aliphatic rings. The molecule has 0 amide bonds. The number of carbonyl (C=O) groups excluding carboxylic acids is 1. The fourth-order valence-corrected chi connectivity index (χ4v) is 1.66. The molecule has 1 aromatic carbocycles. The van der Waals surface area contributed by atoms with Gasteiger partial charge in [0.15, 0.2) is 0 Å². The normalized spacial score (nSPS) is 10.7. The number of ether oxygens (including phenoxy) is 1. The molecule has 7 heteroatoms. The highest BCUT2D eigenvalue weighted by atomic mass is 79.9. The van der Waals surface area contributed by atoms with Crippen LogP contribution in [0.2, 0.25) is 0 Å². The summed E-state index contributed by atoms with van der Waals surface area (Å²) in [5.74, 6) is -0.754. The number of nitriles is 1. The van der Waals surface area contributed by atoms with Gasteiger partial charge in [-0.1, -0.05) is 6.07 Å². The van der Waals surface area contributed by atoms with Crippen LogP contribution in [0.1, 0.15) is 12.5 Å². The molecule has 0 bridgehead atoms. The van der Waals surface area contributed by atoms with Crippen molar-refractivity contribution < 1.29 is 14.5 Å². The van der Waals surface area contributed by atoms with Crippen LogP contribution in [0.25, 0.3) is 6.08 Å². The Bertz CT molecular complexity index is 590. The Morgan fingerprint density at radius 1 is 1.63 bits per heavy atom. The van der Waals surface area contributed by atoms with Crippen LogP contribution in [-0.2, 0) is 9.53 Å². The van der Waals surface area contributed by atoms with Crippen molar-refractivity contribution in [2.45, 2.75) is 6.92 Å². The molecule has 19 heavy (non-hydrogen) atoms. The minimum atomic E-state index is -0.754. The molecule has 0 radical (unpaired) electrons. The maximum Gasteiger partial charge on any atom is 0.348 e. The Morgan fingerprint density at radius 2 is 2.32 bits per heavy atom. The Labute approximate surface area is 117 Å². The van der Waals surface area contributed by atoms with Crippen LogP contribution in [0.15, 0.2) is 28.2 Å². The van der Waals surface area contributed by atoms with Crippen LogP contribution >= 0.6 is 15.9 Å². The molecular formula is C12H9BrN2O4. The summed E-state index contributed by atoms with van der Waals surface area (Å²) in [7, 11) is 0. The maximum absolute atomic E-state index is 11.4. The van der Waals surface area contributed by atoms with Gasteiger partial charge in [0.05, 0.1) is 16.0 Å². The van der Waals surface area contributed by atoms with Crippen molar-refractivity contribution in [3.8, 4) is 6.07 Å². The fourth-order valence-electron chi connectivity index (χ4n) is 1.27. The van der Waals surface area contributed by atoms with Crippen molar-refractivity contribution in [1.82, 2.24) is 0 Å². The number of halogens is 1. The average Bonchev–Trinajstić information content (AvgIpc) is 2.37. The third-order valence-electron chi connectivity index (χ3n) is 2.09. The van der Waals surface area contributed by atoms with Crippen LogP contribution in [0, 0.1) is 21.4 Å². The summed E-state index contributed by atoms with van der Waals surface area (Å²) in [5, 5.41) is 19.6. The van der Waals surface area contributed by atoms with E-state index in [9.17, 15) is 14.9 Å². The van der Waals surface area contributed by atoms with E-state index in [1.807, 2.05) is 0 Å². The fraction of sp³-hybridized carbons (Fsp3) is 0.167. The van der Waals surface area contributed by atoms with Crippen LogP contribution in [0.5, 0.6) is 0 Å². The first-order valence-electron chi connectivity index (χ1n) is 5.22. The van der Waals surface area contributed by atoms with Crippen molar-refractivity contribution in [2.75, 3.05) is 6.61 Å². The number of benzene rings is 1. The lowest BCUT2D eigenvalue weighted by Crippen LogP contribution is -2.06. The van der Waals surface area contributed by atoms with E-state index in [1.165, 1.54) is 18.2 Å². The number of nitro benzene ring substituents is 1. The van der Waals surface area contributed by atoms with E-state index >= 15 is 0 Å². The predicted octanol–water partition coefficient (Wildman–Crippen LogP) is 2.83. The highest BCUT2D eigenvalue weighted by Crippen LogP contribution is 2.26. The van der Waals surface area contributed by atoms with Crippen molar-refractivity contribution in [1.29, 1.82) is 5.26 Å². The first-order chi connectivity index (χ1) is 8.99. The van der Waals surface area contributed by atoms with Crippen LogP contribution < -0.4 is 0 Å². The standard InChI is InChI=1S/C12H9BrN2O4/c1-2-19-12(16)9(7-14)5-8-3-4-10(13)11(6-8)15(17)18/h3-6H,2H2,1H3/b9-5+. The van der Waals surface area contributed by atoms with Gasteiger partial charge in [0, 0.05) is 6.07 Å². The van der Waals surface area contributed by atoms with Gasteiger partial charge in [-0.3, -0.25) is 10.1 Å². The summed E-state index contributed by atoms with van der Waals surface area (Å²) in [6.07, 6.45) is 1.25. The Hall–Kier alpha value is -2.20. The summed E-state index contributed by atoms with van der Waals surface area (Å²) >= 11 is 3.05. The Balaban J connectivity index is 3.17. The molecule has 0 fully saturated rings. The largest absolute Gasteiger partial charge is 0.462 e. The van der Waals surface area contributed by atoms with Gasteiger partial charge in [-0.25, -0.2) is 4.79 Å². The molecule has 6 nitrogen and oxygen atoms in total. The van der Waals surface area contributed by atoms with Crippen molar-refractivity contribution in [3.63, 3.8) is 0 Å². The van der Waals surface area contributed by atoms with Gasteiger partial charge >= 0.3 is 5.97 Å². The molecule has 1 aromatic rings. The lowest BCUT2D eigenvalue weighted by atomic mass is 10.1. The highest BCUT2D eigenvalue weighted by Gasteiger charge is 2.14. The van der Waals surface area contributed by atoms with Gasteiger partial charge in [0.25, 0.3) is 5.69 Å². The number of nitro groups is 1. The van der Waals surface area contributed by atoms with E-state index in [-0.39, 0.29) is 17.9 Å². The van der Waals surface area contributed by atoms with Crippen molar-refractivity contribution >= 4 is 33.7 Å². The van der Waals surface area contributed by atoms with Gasteiger partial charge in [0.1, 0.15) is 11.6 Å². The number of hydrogen-bond acceptors (Lipinski definition) is 5. The Kier molecular flexibility index (Phi) is 5.21. The maximum atomic E-state index is 11.4. The topological polar surface area (TPSA) is 93.2 Å². The molecule has 1 rings (SSSR count). The van der Waals surface area contributed by atoms with E-state index in [0.29, 0.717) is 10.0 Å². The molecule has 0 N–H and O–H groups in total. The zero-order valence-electron chi connectivity index (χ0n) is 9.92. The second kappa shape index (κ2) is 6.66. The molecule has 0 spiro atoms. The molecule has 0 saturated heterocycles. The summed E-state index contributed by atoms with van der Waals surface area (Å²) in [4.78, 5) is 21.6. The summed E-state index contributed by atoms with van der Waals surface area (Å²) < 4.78 is 5.02. The molecule has 0 atom stereocenters. The minimum absolute atomic E-state index is 0.144. The van der Waals surface area contributed by atoms with Gasteiger partial charge in [-0.2, -0.15) is 5.26 Å². The molecule has 0 aliphatic carbocycles. The van der Waals surface area contributed by atoms with Gasteiger partial charge in [-0.15, -0.1) is 0 Å². The summed E-state index contributed by atoms with van der Waals surface area (Å²) in [5.41, 5.74) is 0.0212. The lowest BCUT2D eigenvalue weighted by Gasteiger charge is -2.00. The minimum Gasteiger partial charge on any atom is -0.462 e. The van der Waals surface area contributed by atoms with E-state index in [2.05, 4.69) is 15.9 Å². The lowest BCUT2D eigenvalue weighted by molar-refractivity contribution is -0.385. The SMILES string of the molecule is CCOC(=O)/C(C#N)=C/c1ccc(Br)c([N+](=O)[O-])c1. The van der Waals surface area contributed by atoms with Crippen molar-refractivity contribution in [3.05, 3.63) is 43.9 Å². The monoisotopic (exact) mass is 324 g/mol. The van der Waals surface area contributed by atoms with Crippen molar-refractivity contribution in [2.24, 2.45) is 0 Å².